The number of benzene rings is 1. The van der Waals surface area contributed by atoms with Crippen molar-refractivity contribution in [2.24, 2.45) is 5.92 Å². The van der Waals surface area contributed by atoms with Crippen LogP contribution in [0.4, 0.5) is 0 Å². The van der Waals surface area contributed by atoms with Crippen molar-refractivity contribution in [3.8, 4) is 0 Å². The van der Waals surface area contributed by atoms with Gasteiger partial charge in [-0.15, -0.1) is 0 Å². The van der Waals surface area contributed by atoms with Crippen LogP contribution >= 0.6 is 0 Å². The SMILES string of the molecule is O=C(NCC1CC1)[C@@H]1COCC(=O)N1Cc1ccccc1. The minimum absolute atomic E-state index is 0.0548. The van der Waals surface area contributed by atoms with E-state index in [-0.39, 0.29) is 25.0 Å². The summed E-state index contributed by atoms with van der Waals surface area (Å²) in [4.78, 5) is 26.0. The van der Waals surface area contributed by atoms with E-state index >= 15 is 0 Å². The van der Waals surface area contributed by atoms with Crippen LogP contribution in [0.25, 0.3) is 0 Å². The molecule has 1 N–H and O–H groups in total. The third kappa shape index (κ3) is 3.61. The lowest BCUT2D eigenvalue weighted by molar-refractivity contribution is -0.155. The number of carbonyl (C=O) groups excluding carboxylic acids is 2. The van der Waals surface area contributed by atoms with Gasteiger partial charge in [0.1, 0.15) is 12.6 Å². The molecule has 5 nitrogen and oxygen atoms in total. The van der Waals surface area contributed by atoms with Crippen molar-refractivity contribution in [2.75, 3.05) is 19.8 Å². The molecular formula is C16H20N2O3. The van der Waals surface area contributed by atoms with Gasteiger partial charge in [0.2, 0.25) is 11.8 Å². The molecule has 2 amide bonds. The second kappa shape index (κ2) is 6.26. The van der Waals surface area contributed by atoms with Crippen LogP contribution < -0.4 is 5.32 Å². The van der Waals surface area contributed by atoms with Crippen LogP contribution in [0.3, 0.4) is 0 Å². The van der Waals surface area contributed by atoms with Crippen molar-refractivity contribution in [1.29, 1.82) is 0 Å². The molecule has 0 aromatic heterocycles. The number of nitrogens with zero attached hydrogens (tertiary/aromatic N) is 1. The molecule has 5 heteroatoms. The first-order valence-corrected chi connectivity index (χ1v) is 7.43. The molecule has 0 spiro atoms. The number of hydrogen-bond acceptors (Lipinski definition) is 3. The zero-order chi connectivity index (χ0) is 14.7. The minimum atomic E-state index is -0.523. The van der Waals surface area contributed by atoms with Crippen molar-refractivity contribution < 1.29 is 14.3 Å². The number of hydrogen-bond donors (Lipinski definition) is 1. The van der Waals surface area contributed by atoms with E-state index in [2.05, 4.69) is 5.32 Å². The van der Waals surface area contributed by atoms with E-state index in [0.29, 0.717) is 19.0 Å². The van der Waals surface area contributed by atoms with Crippen LogP contribution in [0.2, 0.25) is 0 Å². The normalized spacial score (nSPS) is 22.2. The molecule has 1 aromatic rings. The fraction of sp³-hybridized carbons (Fsp3) is 0.500. The lowest BCUT2D eigenvalue weighted by Gasteiger charge is -2.34. The number of ether oxygens (including phenoxy) is 1. The summed E-state index contributed by atoms with van der Waals surface area (Å²) in [6, 6.07) is 9.20. The molecule has 0 radical (unpaired) electrons. The van der Waals surface area contributed by atoms with Gasteiger partial charge in [-0.05, 0) is 24.3 Å². The van der Waals surface area contributed by atoms with Crippen molar-refractivity contribution in [2.45, 2.75) is 25.4 Å². The fourth-order valence-corrected chi connectivity index (χ4v) is 2.48. The molecule has 1 aliphatic heterocycles. The Balaban J connectivity index is 1.66. The van der Waals surface area contributed by atoms with E-state index < -0.39 is 6.04 Å². The number of morpholine rings is 1. The summed E-state index contributed by atoms with van der Waals surface area (Å²) < 4.78 is 5.25. The van der Waals surface area contributed by atoms with Gasteiger partial charge in [0.15, 0.2) is 0 Å². The minimum Gasteiger partial charge on any atom is -0.369 e. The number of amides is 2. The van der Waals surface area contributed by atoms with Gasteiger partial charge in [-0.1, -0.05) is 30.3 Å². The van der Waals surface area contributed by atoms with E-state index in [1.165, 1.54) is 12.8 Å². The molecule has 2 aliphatic rings. The fourth-order valence-electron chi connectivity index (χ4n) is 2.48. The van der Waals surface area contributed by atoms with Crippen LogP contribution in [0, 0.1) is 5.92 Å². The number of nitrogens with one attached hydrogen (secondary N) is 1. The lowest BCUT2D eigenvalue weighted by Crippen LogP contribution is -2.56. The Bertz CT molecular complexity index is 514. The average molecular weight is 288 g/mol. The Hall–Kier alpha value is -1.88. The maximum absolute atomic E-state index is 12.3. The molecule has 1 atom stereocenters. The van der Waals surface area contributed by atoms with E-state index in [1.54, 1.807) is 4.90 Å². The largest absolute Gasteiger partial charge is 0.369 e. The highest BCUT2D eigenvalue weighted by molar-refractivity contribution is 5.89. The van der Waals surface area contributed by atoms with Gasteiger partial charge in [0, 0.05) is 13.1 Å². The Morgan fingerprint density at radius 2 is 2.05 bits per heavy atom. The smallest absolute Gasteiger partial charge is 0.249 e. The average Bonchev–Trinajstić information content (AvgIpc) is 3.32. The van der Waals surface area contributed by atoms with Crippen LogP contribution in [-0.2, 0) is 20.9 Å². The maximum atomic E-state index is 12.3. The van der Waals surface area contributed by atoms with Gasteiger partial charge >= 0.3 is 0 Å². The van der Waals surface area contributed by atoms with E-state index in [4.69, 9.17) is 4.74 Å². The summed E-state index contributed by atoms with van der Waals surface area (Å²) in [5, 5.41) is 2.94. The maximum Gasteiger partial charge on any atom is 0.249 e. The molecule has 3 rings (SSSR count). The van der Waals surface area contributed by atoms with Crippen molar-refractivity contribution >= 4 is 11.8 Å². The summed E-state index contributed by atoms with van der Waals surface area (Å²) in [6.45, 7) is 1.49. The lowest BCUT2D eigenvalue weighted by atomic mass is 10.1. The highest BCUT2D eigenvalue weighted by Gasteiger charge is 2.34. The predicted octanol–water partition coefficient (Wildman–Crippen LogP) is 0.940. The Kier molecular flexibility index (Phi) is 4.20. The van der Waals surface area contributed by atoms with Gasteiger partial charge in [0.05, 0.1) is 6.61 Å². The Morgan fingerprint density at radius 3 is 2.76 bits per heavy atom. The topological polar surface area (TPSA) is 58.6 Å². The van der Waals surface area contributed by atoms with Gasteiger partial charge < -0.3 is 15.0 Å². The summed E-state index contributed by atoms with van der Waals surface area (Å²) in [5.74, 6) is 0.388. The first kappa shape index (κ1) is 14.1. The zero-order valence-electron chi connectivity index (χ0n) is 12.0. The predicted molar refractivity (Wildman–Crippen MR) is 77.3 cm³/mol. The second-order valence-electron chi connectivity index (χ2n) is 5.73. The van der Waals surface area contributed by atoms with Crippen LogP contribution in [-0.4, -0.2) is 42.5 Å². The van der Waals surface area contributed by atoms with E-state index in [9.17, 15) is 9.59 Å². The zero-order valence-corrected chi connectivity index (χ0v) is 12.0. The standard InChI is InChI=1S/C16H20N2O3/c19-15-11-21-10-14(16(20)17-8-12-6-7-12)18(15)9-13-4-2-1-3-5-13/h1-5,12,14H,6-11H2,(H,17,20)/t14-/m0/s1. The van der Waals surface area contributed by atoms with Gasteiger partial charge in [0.25, 0.3) is 0 Å². The van der Waals surface area contributed by atoms with Crippen molar-refractivity contribution in [1.82, 2.24) is 10.2 Å². The van der Waals surface area contributed by atoms with Crippen LogP contribution in [0.15, 0.2) is 30.3 Å². The number of rotatable bonds is 5. The first-order valence-electron chi connectivity index (χ1n) is 7.43. The van der Waals surface area contributed by atoms with Crippen LogP contribution in [0.1, 0.15) is 18.4 Å². The summed E-state index contributed by atoms with van der Waals surface area (Å²) in [6.07, 6.45) is 2.38. The monoisotopic (exact) mass is 288 g/mol. The summed E-state index contributed by atoms with van der Waals surface area (Å²) >= 11 is 0. The Morgan fingerprint density at radius 1 is 1.29 bits per heavy atom. The summed E-state index contributed by atoms with van der Waals surface area (Å²) in [5.41, 5.74) is 1.02. The Labute approximate surface area is 124 Å². The van der Waals surface area contributed by atoms with Crippen LogP contribution in [0.5, 0.6) is 0 Å². The molecule has 112 valence electrons. The molecule has 1 heterocycles. The third-order valence-corrected chi connectivity index (χ3v) is 3.96. The highest BCUT2D eigenvalue weighted by Crippen LogP contribution is 2.27. The van der Waals surface area contributed by atoms with Gasteiger partial charge in [-0.2, -0.15) is 0 Å². The molecular weight excluding hydrogens is 268 g/mol. The second-order valence-corrected chi connectivity index (χ2v) is 5.73. The highest BCUT2D eigenvalue weighted by atomic mass is 16.5. The molecule has 1 saturated carbocycles. The first-order chi connectivity index (χ1) is 10.2. The van der Waals surface area contributed by atoms with Gasteiger partial charge in [-0.25, -0.2) is 0 Å². The molecule has 1 aromatic carbocycles. The molecule has 1 saturated heterocycles. The van der Waals surface area contributed by atoms with Gasteiger partial charge in [-0.3, -0.25) is 9.59 Å². The number of carbonyl (C=O) groups is 2. The van der Waals surface area contributed by atoms with E-state index in [1.807, 2.05) is 30.3 Å². The molecule has 0 unspecified atom stereocenters. The molecule has 21 heavy (non-hydrogen) atoms. The van der Waals surface area contributed by atoms with Crippen molar-refractivity contribution in [3.05, 3.63) is 35.9 Å². The van der Waals surface area contributed by atoms with Crippen molar-refractivity contribution in [3.63, 3.8) is 0 Å². The third-order valence-electron chi connectivity index (χ3n) is 3.96. The quantitative estimate of drug-likeness (QED) is 0.877. The van der Waals surface area contributed by atoms with E-state index in [0.717, 1.165) is 5.56 Å². The molecule has 1 aliphatic carbocycles. The summed E-state index contributed by atoms with van der Waals surface area (Å²) in [7, 11) is 0. The molecule has 2 fully saturated rings. The molecule has 0 bridgehead atoms.